The van der Waals surface area contributed by atoms with Crippen molar-refractivity contribution in [3.63, 3.8) is 0 Å². The molecule has 1 heterocycles. The van der Waals surface area contributed by atoms with E-state index in [2.05, 4.69) is 29.2 Å². The predicted molar refractivity (Wildman–Crippen MR) is 81.1 cm³/mol. The van der Waals surface area contributed by atoms with E-state index >= 15 is 0 Å². The van der Waals surface area contributed by atoms with Crippen molar-refractivity contribution in [1.82, 2.24) is 4.98 Å². The molecule has 20 heavy (non-hydrogen) atoms. The molecule has 1 N–H and O–H groups in total. The van der Waals surface area contributed by atoms with E-state index in [1.54, 1.807) is 12.4 Å². The predicted octanol–water partition coefficient (Wildman–Crippen LogP) is 3.54. The van der Waals surface area contributed by atoms with Crippen LogP contribution in [0.3, 0.4) is 0 Å². The topological polar surface area (TPSA) is 33.1 Å². The highest BCUT2D eigenvalue weighted by molar-refractivity contribution is 6.31. The second kappa shape index (κ2) is 5.55. The van der Waals surface area contributed by atoms with Gasteiger partial charge in [-0.3, -0.25) is 4.98 Å². The number of benzene rings is 1. The second-order valence-electron chi connectivity index (χ2n) is 5.59. The van der Waals surface area contributed by atoms with Gasteiger partial charge in [0.2, 0.25) is 0 Å². The van der Waals surface area contributed by atoms with Gasteiger partial charge < -0.3 is 5.11 Å². The van der Waals surface area contributed by atoms with Gasteiger partial charge in [-0.05, 0) is 48.4 Å². The molecule has 1 aliphatic rings. The van der Waals surface area contributed by atoms with Gasteiger partial charge in [0.25, 0.3) is 0 Å². The van der Waals surface area contributed by atoms with Crippen LogP contribution in [0.25, 0.3) is 0 Å². The normalized spacial score (nSPS) is 21.5. The third kappa shape index (κ3) is 2.34. The van der Waals surface area contributed by atoms with Crippen LogP contribution in [0.5, 0.6) is 0 Å². The van der Waals surface area contributed by atoms with Gasteiger partial charge >= 0.3 is 0 Å². The molecule has 0 saturated heterocycles. The Labute approximate surface area is 124 Å². The number of halogens is 1. The average molecular weight is 288 g/mol. The Morgan fingerprint density at radius 3 is 2.90 bits per heavy atom. The maximum absolute atomic E-state index is 10.1. The Balaban J connectivity index is 2.03. The minimum absolute atomic E-state index is 0.155. The molecule has 0 bridgehead atoms. The van der Waals surface area contributed by atoms with Crippen LogP contribution in [0.15, 0.2) is 42.7 Å². The Hall–Kier alpha value is -1.38. The lowest BCUT2D eigenvalue weighted by atomic mass is 9.67. The van der Waals surface area contributed by atoms with Crippen molar-refractivity contribution < 1.29 is 5.11 Å². The Kier molecular flexibility index (Phi) is 3.77. The molecule has 1 atom stereocenters. The van der Waals surface area contributed by atoms with E-state index in [0.717, 1.165) is 31.2 Å². The maximum Gasteiger partial charge on any atom is 0.0621 e. The number of fused-ring (bicyclic) bond motifs is 1. The molecule has 0 aliphatic heterocycles. The summed E-state index contributed by atoms with van der Waals surface area (Å²) in [6, 6.07) is 10.4. The van der Waals surface area contributed by atoms with Crippen molar-refractivity contribution in [3.8, 4) is 0 Å². The van der Waals surface area contributed by atoms with Crippen LogP contribution < -0.4 is 0 Å². The van der Waals surface area contributed by atoms with E-state index in [1.807, 2.05) is 6.07 Å². The van der Waals surface area contributed by atoms with Gasteiger partial charge in [0, 0.05) is 17.8 Å². The second-order valence-corrected chi connectivity index (χ2v) is 6.00. The van der Waals surface area contributed by atoms with Crippen molar-refractivity contribution in [3.05, 3.63) is 64.4 Å². The smallest absolute Gasteiger partial charge is 0.0621 e. The first-order valence-corrected chi connectivity index (χ1v) is 7.41. The Morgan fingerprint density at radius 1 is 1.25 bits per heavy atom. The number of hydrogen-bond acceptors (Lipinski definition) is 2. The monoisotopic (exact) mass is 287 g/mol. The maximum atomic E-state index is 10.1. The molecule has 2 aromatic rings. The van der Waals surface area contributed by atoms with Crippen molar-refractivity contribution >= 4 is 11.6 Å². The SMILES string of the molecule is OCC1(Cc2ccncc2Cl)CCCc2ccccc21. The van der Waals surface area contributed by atoms with Gasteiger partial charge in [0.15, 0.2) is 0 Å². The van der Waals surface area contributed by atoms with Crippen LogP contribution in [0.4, 0.5) is 0 Å². The fourth-order valence-electron chi connectivity index (χ4n) is 3.32. The highest BCUT2D eigenvalue weighted by atomic mass is 35.5. The third-order valence-corrected chi connectivity index (χ3v) is 4.72. The van der Waals surface area contributed by atoms with Crippen LogP contribution in [0.2, 0.25) is 5.02 Å². The zero-order chi connectivity index (χ0) is 14.0. The number of aliphatic hydroxyl groups excluding tert-OH is 1. The summed E-state index contributed by atoms with van der Waals surface area (Å²) in [5.74, 6) is 0. The minimum Gasteiger partial charge on any atom is -0.395 e. The van der Waals surface area contributed by atoms with Crippen LogP contribution in [-0.4, -0.2) is 16.7 Å². The fraction of sp³-hybridized carbons (Fsp3) is 0.353. The number of aliphatic hydroxyl groups is 1. The molecule has 104 valence electrons. The van der Waals surface area contributed by atoms with Crippen molar-refractivity contribution in [2.45, 2.75) is 31.1 Å². The van der Waals surface area contributed by atoms with Crippen LogP contribution in [0.1, 0.15) is 29.5 Å². The molecular formula is C17H18ClNO. The van der Waals surface area contributed by atoms with Crippen molar-refractivity contribution in [1.29, 1.82) is 0 Å². The zero-order valence-corrected chi connectivity index (χ0v) is 12.1. The molecule has 0 fully saturated rings. The molecule has 2 nitrogen and oxygen atoms in total. The molecule has 1 aromatic heterocycles. The summed E-state index contributed by atoms with van der Waals surface area (Å²) >= 11 is 6.25. The summed E-state index contributed by atoms with van der Waals surface area (Å²) in [5, 5.41) is 10.8. The molecule has 0 saturated carbocycles. The molecule has 3 heteroatoms. The third-order valence-electron chi connectivity index (χ3n) is 4.38. The average Bonchev–Trinajstić information content (AvgIpc) is 2.50. The summed E-state index contributed by atoms with van der Waals surface area (Å²) in [6.45, 7) is 0.155. The lowest BCUT2D eigenvalue weighted by molar-refractivity contribution is 0.173. The van der Waals surface area contributed by atoms with Gasteiger partial charge in [0.05, 0.1) is 11.6 Å². The van der Waals surface area contributed by atoms with E-state index in [0.29, 0.717) is 5.02 Å². The molecule has 0 spiro atoms. The number of aryl methyl sites for hydroxylation is 1. The molecule has 0 amide bonds. The lowest BCUT2D eigenvalue weighted by Gasteiger charge is -2.38. The number of rotatable bonds is 3. The van der Waals surface area contributed by atoms with E-state index in [9.17, 15) is 5.11 Å². The summed E-state index contributed by atoms with van der Waals surface area (Å²) < 4.78 is 0. The highest BCUT2D eigenvalue weighted by Gasteiger charge is 2.36. The van der Waals surface area contributed by atoms with Crippen LogP contribution in [-0.2, 0) is 18.3 Å². The van der Waals surface area contributed by atoms with Gasteiger partial charge in [-0.15, -0.1) is 0 Å². The first-order valence-electron chi connectivity index (χ1n) is 7.03. The summed E-state index contributed by atoms with van der Waals surface area (Å²) in [7, 11) is 0. The minimum atomic E-state index is -0.208. The van der Waals surface area contributed by atoms with E-state index in [1.165, 1.54) is 11.1 Å². The molecule has 3 rings (SSSR count). The standard InChI is InChI=1S/C17H18ClNO/c18-16-11-19-9-7-14(16)10-17(12-20)8-3-5-13-4-1-2-6-15(13)17/h1-2,4,6-7,9,11,20H,3,5,8,10,12H2. The van der Waals surface area contributed by atoms with E-state index < -0.39 is 0 Å². The summed E-state index contributed by atoms with van der Waals surface area (Å²) in [4.78, 5) is 4.04. The molecule has 1 unspecified atom stereocenters. The highest BCUT2D eigenvalue weighted by Crippen LogP contribution is 2.40. The first-order chi connectivity index (χ1) is 9.75. The summed E-state index contributed by atoms with van der Waals surface area (Å²) in [5.41, 5.74) is 3.49. The number of nitrogens with zero attached hydrogens (tertiary/aromatic N) is 1. The molecular weight excluding hydrogens is 270 g/mol. The van der Waals surface area contributed by atoms with Gasteiger partial charge in [-0.2, -0.15) is 0 Å². The van der Waals surface area contributed by atoms with Crippen LogP contribution in [0, 0.1) is 0 Å². The zero-order valence-electron chi connectivity index (χ0n) is 11.3. The molecule has 0 radical (unpaired) electrons. The van der Waals surface area contributed by atoms with Gasteiger partial charge in [-0.1, -0.05) is 35.9 Å². The Morgan fingerprint density at radius 2 is 2.10 bits per heavy atom. The van der Waals surface area contributed by atoms with Crippen molar-refractivity contribution in [2.75, 3.05) is 6.61 Å². The van der Waals surface area contributed by atoms with Gasteiger partial charge in [-0.25, -0.2) is 0 Å². The Bertz CT molecular complexity index is 613. The van der Waals surface area contributed by atoms with Crippen LogP contribution >= 0.6 is 11.6 Å². The van der Waals surface area contributed by atoms with Crippen molar-refractivity contribution in [2.24, 2.45) is 0 Å². The largest absolute Gasteiger partial charge is 0.395 e. The quantitative estimate of drug-likeness (QED) is 0.936. The molecule has 1 aromatic carbocycles. The summed E-state index contributed by atoms with van der Waals surface area (Å²) in [6.07, 6.45) is 7.42. The molecule has 1 aliphatic carbocycles. The van der Waals surface area contributed by atoms with Gasteiger partial charge in [0.1, 0.15) is 0 Å². The first kappa shape index (κ1) is 13.6. The van der Waals surface area contributed by atoms with E-state index in [4.69, 9.17) is 11.6 Å². The van der Waals surface area contributed by atoms with E-state index in [-0.39, 0.29) is 12.0 Å². The lowest BCUT2D eigenvalue weighted by Crippen LogP contribution is -2.37. The fourth-order valence-corrected chi connectivity index (χ4v) is 3.51. The number of hydrogen-bond donors (Lipinski definition) is 1. The number of pyridine rings is 1. The number of aromatic nitrogens is 1.